The Balaban J connectivity index is 0.000000869. The normalized spacial score (nSPS) is 12.7. The lowest BCUT2D eigenvalue weighted by atomic mass is 10.1. The number of hydrogen-bond donors (Lipinski definition) is 0. The summed E-state index contributed by atoms with van der Waals surface area (Å²) >= 11 is -0.420. The summed E-state index contributed by atoms with van der Waals surface area (Å²) in [4.78, 5) is 0. The van der Waals surface area contributed by atoms with Crippen molar-refractivity contribution >= 4 is 25.3 Å². The highest BCUT2D eigenvalue weighted by atomic mass is 127. The highest BCUT2D eigenvalue weighted by Crippen LogP contribution is 2.47. The minimum atomic E-state index is -6.09. The van der Waals surface area contributed by atoms with Crippen LogP contribution in [0.4, 0.5) is 13.2 Å². The van der Waals surface area contributed by atoms with Gasteiger partial charge in [0.15, 0.2) is 17.3 Å². The average Bonchev–Trinajstić information content (AvgIpc) is 2.87. The molecule has 9 nitrogen and oxygen atoms in total. The number of hydrogen-bond acceptors (Lipinski definition) is 9. The van der Waals surface area contributed by atoms with Gasteiger partial charge < -0.3 is 22.6 Å². The quantitative estimate of drug-likeness (QED) is 0.140. The number of aryl methyl sites for hydroxylation is 5. The topological polar surface area (TPSA) is 128 Å². The molecule has 2 aromatic rings. The van der Waals surface area contributed by atoms with E-state index in [4.69, 9.17) is 31.1 Å². The summed E-state index contributed by atoms with van der Waals surface area (Å²) in [6.45, 7) is 6.45. The smallest absolute Gasteiger partial charge is 0.485 e. The minimum absolute atomic E-state index is 0.304. The van der Waals surface area contributed by atoms with E-state index in [2.05, 4.69) is 51.1 Å². The van der Waals surface area contributed by atoms with Crippen LogP contribution < -0.4 is 21.2 Å². The number of alkyl halides is 3. The number of benzene rings is 2. The Kier molecular flexibility index (Phi) is 14.5. The molecule has 0 radical (unpaired) electrons. The van der Waals surface area contributed by atoms with Crippen molar-refractivity contribution in [3.63, 3.8) is 0 Å². The van der Waals surface area contributed by atoms with Gasteiger partial charge in [-0.2, -0.15) is 13.2 Å². The molecule has 0 aliphatic carbocycles. The third-order valence-corrected chi connectivity index (χ3v) is 13.4. The van der Waals surface area contributed by atoms with Crippen molar-refractivity contribution in [3.8, 4) is 0 Å². The van der Waals surface area contributed by atoms with E-state index in [-0.39, 0.29) is 0 Å². The van der Waals surface area contributed by atoms with Gasteiger partial charge in [0.25, 0.3) is 0 Å². The van der Waals surface area contributed by atoms with Gasteiger partial charge in [-0.1, -0.05) is 23.8 Å². The van der Waals surface area contributed by atoms with Crippen LogP contribution in [0.2, 0.25) is 0 Å². The minimum Gasteiger partial charge on any atom is -0.741 e. The second kappa shape index (κ2) is 15.6. The molecular weight excluding hydrogens is 710 g/mol. The Morgan fingerprint density at radius 3 is 1.43 bits per heavy atom. The summed E-state index contributed by atoms with van der Waals surface area (Å²) < 4.78 is 107. The predicted octanol–water partition coefficient (Wildman–Crippen LogP) is 2.85. The van der Waals surface area contributed by atoms with Gasteiger partial charge >= 0.3 is 41.9 Å². The van der Waals surface area contributed by atoms with Gasteiger partial charge in [0.1, 0.15) is 0 Å². The summed E-state index contributed by atoms with van der Waals surface area (Å²) in [7, 11) is -6.63. The van der Waals surface area contributed by atoms with E-state index < -0.39 is 52.0 Å². The summed E-state index contributed by atoms with van der Waals surface area (Å²) in [5.74, 6) is 0. The monoisotopic (exact) mass is 744 g/mol. The van der Waals surface area contributed by atoms with Crippen LogP contribution >= 0.6 is 15.2 Å². The molecule has 0 amide bonds. The lowest BCUT2D eigenvalue weighted by molar-refractivity contribution is -0.598. The molecule has 0 saturated carbocycles. The van der Waals surface area contributed by atoms with Crippen LogP contribution in [0.3, 0.4) is 0 Å². The van der Waals surface area contributed by atoms with Crippen LogP contribution in [0.1, 0.15) is 27.8 Å². The van der Waals surface area contributed by atoms with E-state index in [1.54, 1.807) is 0 Å². The molecule has 0 fully saturated rings. The van der Waals surface area contributed by atoms with Crippen molar-refractivity contribution in [1.29, 1.82) is 0 Å². The molecular formula is C24H34F3IO9P2S. The van der Waals surface area contributed by atoms with E-state index in [0.717, 1.165) is 11.1 Å². The number of rotatable bonds is 12. The van der Waals surface area contributed by atoms with E-state index in [0.29, 0.717) is 25.2 Å². The zero-order chi connectivity index (χ0) is 30.9. The highest BCUT2D eigenvalue weighted by Gasteiger charge is 2.37. The molecule has 0 bridgehead atoms. The SMILES string of the molecule is COP(=O)(CCc1cc(CCP(=O)(OC)OC)cc([I+]c2c(C)cc(C)cc2C)c1)OC.O=S(=O)([O-])C(F)(F)F. The summed E-state index contributed by atoms with van der Waals surface area (Å²) in [6, 6.07) is 10.9. The van der Waals surface area contributed by atoms with Crippen molar-refractivity contribution in [3.05, 3.63) is 65.3 Å². The van der Waals surface area contributed by atoms with Gasteiger partial charge in [-0.15, -0.1) is 0 Å². The zero-order valence-corrected chi connectivity index (χ0v) is 28.0. The molecule has 0 spiro atoms. The molecule has 16 heteroatoms. The van der Waals surface area contributed by atoms with E-state index >= 15 is 0 Å². The van der Waals surface area contributed by atoms with Gasteiger partial charge in [-0.05, 0) is 56.9 Å². The maximum Gasteiger partial charge on any atom is 0.485 e. The molecule has 2 rings (SSSR count). The largest absolute Gasteiger partial charge is 0.741 e. The number of halogens is 4. The van der Waals surface area contributed by atoms with Crippen LogP contribution in [0.5, 0.6) is 0 Å². The Labute approximate surface area is 244 Å². The molecule has 0 atom stereocenters. The fraction of sp³-hybridized carbons (Fsp3) is 0.500. The highest BCUT2D eigenvalue weighted by molar-refractivity contribution is 7.86. The zero-order valence-electron chi connectivity index (χ0n) is 23.2. The van der Waals surface area contributed by atoms with Crippen molar-refractivity contribution in [1.82, 2.24) is 0 Å². The molecule has 0 N–H and O–H groups in total. The third kappa shape index (κ3) is 11.8. The van der Waals surface area contributed by atoms with Crippen LogP contribution in [0.15, 0.2) is 30.3 Å². The third-order valence-electron chi connectivity index (χ3n) is 5.55. The van der Waals surface area contributed by atoms with Gasteiger partial charge in [0.05, 0.1) is 12.3 Å². The lowest BCUT2D eigenvalue weighted by Crippen LogP contribution is -3.62. The fourth-order valence-electron chi connectivity index (χ4n) is 3.53. The molecule has 0 aromatic heterocycles. The van der Waals surface area contributed by atoms with Crippen LogP contribution in [-0.2, 0) is 50.2 Å². The van der Waals surface area contributed by atoms with E-state index in [1.807, 2.05) is 0 Å². The molecule has 0 saturated heterocycles. The molecule has 40 heavy (non-hydrogen) atoms. The van der Waals surface area contributed by atoms with Gasteiger partial charge in [-0.25, -0.2) is 8.42 Å². The molecule has 0 aliphatic heterocycles. The first-order valence-electron chi connectivity index (χ1n) is 11.6. The molecule has 0 aliphatic rings. The Bertz CT molecular complexity index is 1260. The van der Waals surface area contributed by atoms with E-state index in [9.17, 15) is 22.3 Å². The summed E-state index contributed by atoms with van der Waals surface area (Å²) in [5.41, 5.74) is 0.388. The fourth-order valence-corrected chi connectivity index (χ4v) is 8.52. The second-order valence-corrected chi connectivity index (χ2v) is 17.6. The average molecular weight is 744 g/mol. The first-order valence-corrected chi connectivity index (χ1v) is 18.6. The van der Waals surface area contributed by atoms with Crippen molar-refractivity contribution in [2.45, 2.75) is 39.1 Å². The standard InChI is InChI=1S/C23H34IO6P2.CHF3O3S/c1-17-12-18(2)23(19(3)13-17)24-22-15-20(8-10-31(25,27-4)28-5)14-21(16-22)9-11-32(26,29-6)30-7;2-1(3,4)8(5,6)7/h12-16H,8-11H2,1-7H3;(H,5,6,7)/q+1;/p-1. The molecule has 0 unspecified atom stereocenters. The lowest BCUT2D eigenvalue weighted by Gasteiger charge is -2.15. The van der Waals surface area contributed by atoms with Crippen molar-refractivity contribution in [2.24, 2.45) is 0 Å². The molecule has 2 aromatic carbocycles. The van der Waals surface area contributed by atoms with Crippen molar-refractivity contribution < 1.29 is 74.6 Å². The van der Waals surface area contributed by atoms with Gasteiger partial charge in [-0.3, -0.25) is 9.13 Å². The van der Waals surface area contributed by atoms with Crippen LogP contribution in [-0.4, -0.2) is 59.2 Å². The molecule has 228 valence electrons. The first kappa shape index (κ1) is 37.2. The van der Waals surface area contributed by atoms with Crippen LogP contribution in [0, 0.1) is 27.9 Å². The summed E-state index contributed by atoms with van der Waals surface area (Å²) in [5, 5.41) is 0. The Hall–Kier alpha value is -0.830. The van der Waals surface area contributed by atoms with Gasteiger partial charge in [0, 0.05) is 39.6 Å². The maximum atomic E-state index is 12.5. The van der Waals surface area contributed by atoms with Crippen LogP contribution in [0.25, 0.3) is 0 Å². The Morgan fingerprint density at radius 2 is 1.12 bits per heavy atom. The second-order valence-electron chi connectivity index (χ2n) is 8.57. The van der Waals surface area contributed by atoms with E-state index in [1.165, 1.54) is 52.3 Å². The molecule has 0 heterocycles. The maximum absolute atomic E-state index is 12.5. The van der Waals surface area contributed by atoms with Crippen molar-refractivity contribution in [2.75, 3.05) is 40.8 Å². The first-order chi connectivity index (χ1) is 18.3. The Morgan fingerprint density at radius 1 is 0.775 bits per heavy atom. The predicted molar refractivity (Wildman–Crippen MR) is 141 cm³/mol. The summed E-state index contributed by atoms with van der Waals surface area (Å²) in [6.07, 6.45) is 1.75. The van der Waals surface area contributed by atoms with Gasteiger partial charge in [0.2, 0.25) is 0 Å².